The largest absolute Gasteiger partial charge is 0.484 e. The molecule has 1 aromatic rings. The van der Waals surface area contributed by atoms with E-state index in [4.69, 9.17) is 33.7 Å². The number of benzene rings is 1. The van der Waals surface area contributed by atoms with Gasteiger partial charge in [0.1, 0.15) is 5.75 Å². The Hall–Kier alpha value is -1.21. The Kier molecular flexibility index (Phi) is 10.1. The number of carbonyl (C=O) groups excluding carboxylic acids is 2. The van der Waals surface area contributed by atoms with E-state index in [2.05, 4.69) is 5.32 Å². The second-order valence-corrected chi connectivity index (χ2v) is 6.76. The first-order valence-corrected chi connectivity index (χ1v) is 9.11. The van der Waals surface area contributed by atoms with Gasteiger partial charge in [-0.2, -0.15) is 0 Å². The molecule has 1 aliphatic heterocycles. The molecule has 1 heterocycles. The van der Waals surface area contributed by atoms with Crippen LogP contribution in [0, 0.1) is 0 Å². The Balaban J connectivity index is 0.00000338. The molecule has 2 amide bonds. The molecule has 1 aromatic carbocycles. The molecule has 1 fully saturated rings. The third-order valence-corrected chi connectivity index (χ3v) is 4.85. The standard InChI is InChI=1S/C17H23Cl2N3O3.ClH/c18-14-5-4-13(9-15(14)19)25-11-17(24)22-8-2-1-3-12(22)10-21-16(23)6-7-20;/h4-5,9,12H,1-3,6-8,10-11,20H2,(H,21,23);1H. The number of hydrogen-bond acceptors (Lipinski definition) is 4. The van der Waals surface area contributed by atoms with Crippen LogP contribution in [-0.4, -0.2) is 49.0 Å². The highest BCUT2D eigenvalue weighted by Crippen LogP contribution is 2.26. The maximum absolute atomic E-state index is 12.5. The molecule has 0 spiro atoms. The molecule has 2 rings (SSSR count). The van der Waals surface area contributed by atoms with Crippen LogP contribution < -0.4 is 15.8 Å². The molecular weight excluding hydrogens is 401 g/mol. The molecule has 1 unspecified atom stereocenters. The van der Waals surface area contributed by atoms with Gasteiger partial charge < -0.3 is 20.7 Å². The Labute approximate surface area is 169 Å². The Morgan fingerprint density at radius 2 is 2.04 bits per heavy atom. The molecule has 0 aromatic heterocycles. The van der Waals surface area contributed by atoms with Gasteiger partial charge in [0.05, 0.1) is 10.0 Å². The lowest BCUT2D eigenvalue weighted by atomic mass is 10.0. The van der Waals surface area contributed by atoms with E-state index in [1.807, 2.05) is 0 Å². The average molecular weight is 425 g/mol. The lowest BCUT2D eigenvalue weighted by Crippen LogP contribution is -2.50. The summed E-state index contributed by atoms with van der Waals surface area (Å²) in [4.78, 5) is 25.9. The smallest absolute Gasteiger partial charge is 0.260 e. The van der Waals surface area contributed by atoms with Crippen molar-refractivity contribution >= 4 is 47.4 Å². The highest BCUT2D eigenvalue weighted by atomic mass is 35.5. The highest BCUT2D eigenvalue weighted by Gasteiger charge is 2.27. The summed E-state index contributed by atoms with van der Waals surface area (Å²) in [5, 5.41) is 3.65. The molecule has 0 radical (unpaired) electrons. The molecule has 0 saturated carbocycles. The van der Waals surface area contributed by atoms with E-state index in [9.17, 15) is 9.59 Å². The number of rotatable bonds is 7. The molecule has 1 atom stereocenters. The lowest BCUT2D eigenvalue weighted by molar-refractivity contribution is -0.137. The van der Waals surface area contributed by atoms with E-state index in [0.717, 1.165) is 19.3 Å². The predicted molar refractivity (Wildman–Crippen MR) is 105 cm³/mol. The second-order valence-electron chi connectivity index (χ2n) is 5.94. The second kappa shape index (κ2) is 11.5. The van der Waals surface area contributed by atoms with Crippen LogP contribution >= 0.6 is 35.6 Å². The minimum atomic E-state index is -0.108. The summed E-state index contributed by atoms with van der Waals surface area (Å²) < 4.78 is 5.53. The number of nitrogens with two attached hydrogens (primary N) is 1. The number of hydrogen-bond donors (Lipinski definition) is 2. The molecule has 1 saturated heterocycles. The number of nitrogens with zero attached hydrogens (tertiary/aromatic N) is 1. The topological polar surface area (TPSA) is 84.7 Å². The predicted octanol–water partition coefficient (Wildman–Crippen LogP) is 2.64. The summed E-state index contributed by atoms with van der Waals surface area (Å²) in [7, 11) is 0. The maximum atomic E-state index is 12.5. The van der Waals surface area contributed by atoms with Crippen LogP contribution in [0.4, 0.5) is 0 Å². The van der Waals surface area contributed by atoms with Crippen molar-refractivity contribution in [2.24, 2.45) is 5.73 Å². The maximum Gasteiger partial charge on any atom is 0.260 e. The summed E-state index contributed by atoms with van der Waals surface area (Å²) >= 11 is 11.8. The van der Waals surface area contributed by atoms with Gasteiger partial charge in [-0.3, -0.25) is 9.59 Å². The summed E-state index contributed by atoms with van der Waals surface area (Å²) in [6, 6.07) is 4.86. The fourth-order valence-electron chi connectivity index (χ4n) is 2.79. The molecular formula is C17H24Cl3N3O3. The summed E-state index contributed by atoms with van der Waals surface area (Å²) in [5.41, 5.74) is 5.37. The first-order valence-electron chi connectivity index (χ1n) is 8.35. The van der Waals surface area contributed by atoms with Crippen LogP contribution in [0.15, 0.2) is 18.2 Å². The molecule has 0 aliphatic carbocycles. The quantitative estimate of drug-likeness (QED) is 0.705. The van der Waals surface area contributed by atoms with E-state index in [1.165, 1.54) is 0 Å². The molecule has 9 heteroatoms. The van der Waals surface area contributed by atoms with Crippen LogP contribution in [0.3, 0.4) is 0 Å². The number of piperidine rings is 1. The van der Waals surface area contributed by atoms with Crippen molar-refractivity contribution in [2.75, 3.05) is 26.2 Å². The number of ether oxygens (including phenoxy) is 1. The first-order chi connectivity index (χ1) is 12.0. The Morgan fingerprint density at radius 1 is 1.27 bits per heavy atom. The van der Waals surface area contributed by atoms with Gasteiger partial charge in [0, 0.05) is 38.2 Å². The normalized spacial score (nSPS) is 16.6. The molecule has 0 bridgehead atoms. The highest BCUT2D eigenvalue weighted by molar-refractivity contribution is 6.42. The van der Waals surface area contributed by atoms with E-state index in [0.29, 0.717) is 41.8 Å². The van der Waals surface area contributed by atoms with Crippen LogP contribution in [0.25, 0.3) is 0 Å². The van der Waals surface area contributed by atoms with Crippen LogP contribution in [0.5, 0.6) is 5.75 Å². The zero-order valence-corrected chi connectivity index (χ0v) is 16.7. The average Bonchev–Trinajstić information content (AvgIpc) is 2.61. The van der Waals surface area contributed by atoms with Gasteiger partial charge in [-0.15, -0.1) is 12.4 Å². The van der Waals surface area contributed by atoms with Crippen molar-refractivity contribution in [2.45, 2.75) is 31.7 Å². The van der Waals surface area contributed by atoms with Gasteiger partial charge in [0.2, 0.25) is 5.91 Å². The van der Waals surface area contributed by atoms with Gasteiger partial charge in [-0.25, -0.2) is 0 Å². The van der Waals surface area contributed by atoms with Gasteiger partial charge in [-0.1, -0.05) is 23.2 Å². The van der Waals surface area contributed by atoms with Crippen LogP contribution in [0.2, 0.25) is 10.0 Å². The van der Waals surface area contributed by atoms with Gasteiger partial charge in [-0.05, 0) is 31.4 Å². The zero-order chi connectivity index (χ0) is 18.2. The number of nitrogens with one attached hydrogen (secondary N) is 1. The summed E-state index contributed by atoms with van der Waals surface area (Å²) in [5.74, 6) is 0.295. The number of amides is 2. The number of halogens is 3. The Morgan fingerprint density at radius 3 is 2.73 bits per heavy atom. The van der Waals surface area contributed by atoms with Crippen LogP contribution in [-0.2, 0) is 9.59 Å². The summed E-state index contributed by atoms with van der Waals surface area (Å²) in [6.07, 6.45) is 3.14. The van der Waals surface area contributed by atoms with E-state index in [1.54, 1.807) is 23.1 Å². The molecule has 1 aliphatic rings. The van der Waals surface area contributed by atoms with Gasteiger partial charge in [0.25, 0.3) is 5.91 Å². The van der Waals surface area contributed by atoms with E-state index in [-0.39, 0.29) is 36.9 Å². The SMILES string of the molecule is Cl.NCCC(=O)NCC1CCCCN1C(=O)COc1ccc(Cl)c(Cl)c1. The first kappa shape index (κ1) is 22.8. The fraction of sp³-hybridized carbons (Fsp3) is 0.529. The number of likely N-dealkylation sites (tertiary alicyclic amines) is 1. The lowest BCUT2D eigenvalue weighted by Gasteiger charge is -2.35. The van der Waals surface area contributed by atoms with Crippen molar-refractivity contribution in [3.05, 3.63) is 28.2 Å². The summed E-state index contributed by atoms with van der Waals surface area (Å²) in [6.45, 7) is 1.35. The Bertz CT molecular complexity index is 616. The minimum Gasteiger partial charge on any atom is -0.484 e. The van der Waals surface area contributed by atoms with Gasteiger partial charge in [0.15, 0.2) is 6.61 Å². The molecule has 3 N–H and O–H groups in total. The third-order valence-electron chi connectivity index (χ3n) is 4.11. The molecule has 6 nitrogen and oxygen atoms in total. The minimum absolute atomic E-state index is 0. The van der Waals surface area contributed by atoms with E-state index >= 15 is 0 Å². The third kappa shape index (κ3) is 6.83. The molecule has 26 heavy (non-hydrogen) atoms. The van der Waals surface area contributed by atoms with Crippen molar-refractivity contribution in [3.8, 4) is 5.75 Å². The van der Waals surface area contributed by atoms with Gasteiger partial charge >= 0.3 is 0 Å². The number of carbonyl (C=O) groups is 2. The monoisotopic (exact) mass is 423 g/mol. The van der Waals surface area contributed by atoms with Crippen molar-refractivity contribution in [1.82, 2.24) is 10.2 Å². The van der Waals surface area contributed by atoms with E-state index < -0.39 is 0 Å². The molecule has 146 valence electrons. The van der Waals surface area contributed by atoms with Crippen molar-refractivity contribution < 1.29 is 14.3 Å². The van der Waals surface area contributed by atoms with Crippen LogP contribution in [0.1, 0.15) is 25.7 Å². The zero-order valence-electron chi connectivity index (χ0n) is 14.4. The van der Waals surface area contributed by atoms with Crippen molar-refractivity contribution in [1.29, 1.82) is 0 Å². The van der Waals surface area contributed by atoms with Crippen molar-refractivity contribution in [3.63, 3.8) is 0 Å². The fourth-order valence-corrected chi connectivity index (χ4v) is 3.07.